The van der Waals surface area contributed by atoms with Gasteiger partial charge in [0.25, 0.3) is 0 Å². The minimum atomic E-state index is -0.0162. The monoisotopic (exact) mass is 528 g/mol. The quantitative estimate of drug-likeness (QED) is 0.304. The number of anilines is 1. The van der Waals surface area contributed by atoms with Crippen molar-refractivity contribution in [3.63, 3.8) is 0 Å². The molecule has 1 aromatic carbocycles. The molecule has 7 nitrogen and oxygen atoms in total. The Balaban J connectivity index is 0.00000300. The number of aliphatic imine (C=N–C) groups is 1. The van der Waals surface area contributed by atoms with Crippen LogP contribution in [0.3, 0.4) is 0 Å². The van der Waals surface area contributed by atoms with Crippen molar-refractivity contribution < 1.29 is 4.79 Å². The third kappa shape index (κ3) is 7.46. The van der Waals surface area contributed by atoms with Gasteiger partial charge in [-0.1, -0.05) is 12.1 Å². The summed E-state index contributed by atoms with van der Waals surface area (Å²) in [7, 11) is 1.76. The highest BCUT2D eigenvalue weighted by molar-refractivity contribution is 14.0. The molecule has 0 bridgehead atoms. The number of likely N-dealkylation sites (tertiary alicyclic amines) is 1. The fourth-order valence-electron chi connectivity index (χ4n) is 3.09. The highest BCUT2D eigenvalue weighted by atomic mass is 127. The second-order valence-electron chi connectivity index (χ2n) is 6.79. The van der Waals surface area contributed by atoms with Gasteiger partial charge < -0.3 is 20.9 Å². The number of aromatic nitrogens is 1. The van der Waals surface area contributed by atoms with E-state index < -0.39 is 0 Å². The molecule has 0 aliphatic carbocycles. The van der Waals surface area contributed by atoms with Crippen LogP contribution in [-0.2, 0) is 13.0 Å². The number of nitrogens with zero attached hydrogens (tertiary/aromatic N) is 3. The third-order valence-electron chi connectivity index (χ3n) is 4.56. The lowest BCUT2D eigenvalue weighted by Gasteiger charge is -2.17. The number of halogens is 1. The number of aryl methyl sites for hydroxylation is 1. The van der Waals surface area contributed by atoms with Crippen LogP contribution in [0.25, 0.3) is 0 Å². The minimum Gasteiger partial charge on any atom is -0.356 e. The number of amides is 2. The van der Waals surface area contributed by atoms with E-state index >= 15 is 0 Å². The van der Waals surface area contributed by atoms with E-state index in [0.717, 1.165) is 61.1 Å². The van der Waals surface area contributed by atoms with Crippen LogP contribution in [0.5, 0.6) is 0 Å². The Morgan fingerprint density at radius 3 is 2.76 bits per heavy atom. The van der Waals surface area contributed by atoms with Crippen molar-refractivity contribution in [1.29, 1.82) is 0 Å². The zero-order valence-electron chi connectivity index (χ0n) is 16.9. The molecule has 9 heteroatoms. The molecule has 1 saturated heterocycles. The van der Waals surface area contributed by atoms with Gasteiger partial charge in [-0.2, -0.15) is 0 Å². The summed E-state index contributed by atoms with van der Waals surface area (Å²) in [5, 5.41) is 10.7. The average molecular weight is 528 g/mol. The van der Waals surface area contributed by atoms with Crippen LogP contribution >= 0.6 is 35.3 Å². The second kappa shape index (κ2) is 12.0. The van der Waals surface area contributed by atoms with Crippen LogP contribution in [0.4, 0.5) is 10.5 Å². The molecule has 2 amide bonds. The molecule has 2 aromatic rings. The Kier molecular flexibility index (Phi) is 9.65. The second-order valence-corrected chi connectivity index (χ2v) is 8.11. The number of rotatable bonds is 6. The zero-order chi connectivity index (χ0) is 19.8. The molecule has 2 heterocycles. The van der Waals surface area contributed by atoms with Gasteiger partial charge in [-0.05, 0) is 37.5 Å². The van der Waals surface area contributed by atoms with Crippen molar-refractivity contribution >= 4 is 53.0 Å². The Hall–Kier alpha value is -1.88. The summed E-state index contributed by atoms with van der Waals surface area (Å²) in [4.78, 5) is 24.0. The van der Waals surface area contributed by atoms with Crippen molar-refractivity contribution in [2.24, 2.45) is 4.99 Å². The summed E-state index contributed by atoms with van der Waals surface area (Å²) in [6, 6.07) is 7.88. The lowest BCUT2D eigenvalue weighted by Crippen LogP contribution is -2.37. The summed E-state index contributed by atoms with van der Waals surface area (Å²) >= 11 is 1.72. The highest BCUT2D eigenvalue weighted by Crippen LogP contribution is 2.14. The SMILES string of the molecule is CN=C(NCCc1ncc(C)s1)NCc1cccc(NC(=O)N2CCCC2)c1.I. The Bertz CT molecular complexity index is 819. The van der Waals surface area contributed by atoms with Crippen molar-refractivity contribution in [2.45, 2.75) is 32.7 Å². The highest BCUT2D eigenvalue weighted by Gasteiger charge is 2.17. The molecule has 1 fully saturated rings. The number of benzene rings is 1. The summed E-state index contributed by atoms with van der Waals surface area (Å²) in [5.41, 5.74) is 1.90. The Labute approximate surface area is 193 Å². The number of guanidine groups is 1. The molecule has 0 unspecified atom stereocenters. The molecule has 29 heavy (non-hydrogen) atoms. The van der Waals surface area contributed by atoms with Crippen LogP contribution in [-0.4, -0.2) is 48.6 Å². The standard InChI is InChI=1S/C20H28N6OS.HI/c1-15-13-23-18(28-15)8-9-22-19(21-2)24-14-16-6-5-7-17(12-16)25-20(27)26-10-3-4-11-26;/h5-7,12-13H,3-4,8-11,14H2,1-2H3,(H,25,27)(H2,21,22,24);1H. The summed E-state index contributed by atoms with van der Waals surface area (Å²) in [6.07, 6.45) is 4.96. The van der Waals surface area contributed by atoms with Gasteiger partial charge in [0.15, 0.2) is 5.96 Å². The first kappa shape index (κ1) is 23.4. The number of carbonyl (C=O) groups excluding carboxylic acids is 1. The molecule has 0 spiro atoms. The molecule has 3 rings (SSSR count). The fraction of sp³-hybridized carbons (Fsp3) is 0.450. The Morgan fingerprint density at radius 1 is 1.28 bits per heavy atom. The van der Waals surface area contributed by atoms with Gasteiger partial charge in [0, 0.05) is 56.4 Å². The summed E-state index contributed by atoms with van der Waals surface area (Å²) in [6.45, 7) is 5.16. The molecule has 0 radical (unpaired) electrons. The van der Waals surface area contributed by atoms with E-state index in [1.165, 1.54) is 4.88 Å². The van der Waals surface area contributed by atoms with Crippen LogP contribution in [0.2, 0.25) is 0 Å². The van der Waals surface area contributed by atoms with Gasteiger partial charge in [-0.25, -0.2) is 9.78 Å². The lowest BCUT2D eigenvalue weighted by atomic mass is 10.2. The molecule has 0 saturated carbocycles. The van der Waals surface area contributed by atoms with Crippen LogP contribution in [0.15, 0.2) is 35.5 Å². The largest absolute Gasteiger partial charge is 0.356 e. The number of hydrogen-bond acceptors (Lipinski definition) is 4. The predicted octanol–water partition coefficient (Wildman–Crippen LogP) is 3.60. The van der Waals surface area contributed by atoms with Gasteiger partial charge >= 0.3 is 6.03 Å². The molecule has 158 valence electrons. The maximum atomic E-state index is 12.2. The van der Waals surface area contributed by atoms with E-state index in [4.69, 9.17) is 0 Å². The van der Waals surface area contributed by atoms with Crippen LogP contribution < -0.4 is 16.0 Å². The molecule has 1 aromatic heterocycles. The van der Waals surface area contributed by atoms with Crippen LogP contribution in [0, 0.1) is 6.92 Å². The fourth-order valence-corrected chi connectivity index (χ4v) is 3.88. The van der Waals surface area contributed by atoms with Crippen molar-refractivity contribution in [3.8, 4) is 0 Å². The van der Waals surface area contributed by atoms with Gasteiger partial charge in [0.05, 0.1) is 5.01 Å². The number of thiazole rings is 1. The third-order valence-corrected chi connectivity index (χ3v) is 5.53. The normalized spacial score (nSPS) is 13.7. The van der Waals surface area contributed by atoms with Crippen molar-refractivity contribution in [3.05, 3.63) is 45.9 Å². The lowest BCUT2D eigenvalue weighted by molar-refractivity contribution is 0.222. The van der Waals surface area contributed by atoms with E-state index in [2.05, 4.69) is 32.9 Å². The van der Waals surface area contributed by atoms with Gasteiger partial charge in [0.2, 0.25) is 0 Å². The molecule has 1 aliphatic heterocycles. The van der Waals surface area contributed by atoms with E-state index in [1.54, 1.807) is 18.4 Å². The molecule has 0 atom stereocenters. The molecule has 3 N–H and O–H groups in total. The molecular weight excluding hydrogens is 499 g/mol. The van der Waals surface area contributed by atoms with Crippen molar-refractivity contribution in [2.75, 3.05) is 32.0 Å². The number of nitrogens with one attached hydrogen (secondary N) is 3. The number of hydrogen-bond donors (Lipinski definition) is 3. The van der Waals surface area contributed by atoms with Crippen LogP contribution in [0.1, 0.15) is 28.3 Å². The minimum absolute atomic E-state index is 0. The maximum Gasteiger partial charge on any atom is 0.321 e. The zero-order valence-corrected chi connectivity index (χ0v) is 20.0. The van der Waals surface area contributed by atoms with Crippen molar-refractivity contribution in [1.82, 2.24) is 20.5 Å². The predicted molar refractivity (Wildman–Crippen MR) is 130 cm³/mol. The van der Waals surface area contributed by atoms with E-state index in [0.29, 0.717) is 6.54 Å². The average Bonchev–Trinajstić information content (AvgIpc) is 3.37. The van der Waals surface area contributed by atoms with E-state index in [1.807, 2.05) is 35.4 Å². The first-order valence-electron chi connectivity index (χ1n) is 9.65. The number of carbonyl (C=O) groups is 1. The molecule has 1 aliphatic rings. The number of urea groups is 1. The first-order chi connectivity index (χ1) is 13.6. The maximum absolute atomic E-state index is 12.2. The van der Waals surface area contributed by atoms with Gasteiger partial charge in [-0.15, -0.1) is 35.3 Å². The summed E-state index contributed by atoms with van der Waals surface area (Å²) in [5.74, 6) is 0.750. The first-order valence-corrected chi connectivity index (χ1v) is 10.5. The van der Waals surface area contributed by atoms with Gasteiger partial charge in [0.1, 0.15) is 0 Å². The molecular formula is C20H29IN6OS. The summed E-state index contributed by atoms with van der Waals surface area (Å²) < 4.78 is 0. The van der Waals surface area contributed by atoms with Gasteiger partial charge in [-0.3, -0.25) is 4.99 Å². The smallest absolute Gasteiger partial charge is 0.321 e. The topological polar surface area (TPSA) is 81.6 Å². The van der Waals surface area contributed by atoms with E-state index in [-0.39, 0.29) is 30.0 Å². The van der Waals surface area contributed by atoms with E-state index in [9.17, 15) is 4.79 Å². The Morgan fingerprint density at radius 2 is 2.07 bits per heavy atom.